The first kappa shape index (κ1) is 20.8. The molecule has 170 valence electrons. The number of nitrogens with one attached hydrogen (secondary N) is 3. The Balaban J connectivity index is 1.38. The molecule has 0 saturated carbocycles. The first-order chi connectivity index (χ1) is 16.0. The average Bonchev–Trinajstić information content (AvgIpc) is 3.56. The van der Waals surface area contributed by atoms with Gasteiger partial charge in [0.2, 0.25) is 18.6 Å². The Labute approximate surface area is 189 Å². The van der Waals surface area contributed by atoms with E-state index < -0.39 is 6.29 Å². The van der Waals surface area contributed by atoms with Crippen molar-refractivity contribution >= 4 is 23.7 Å². The molecule has 5 rings (SSSR count). The molecule has 10 heteroatoms. The number of rotatable bonds is 5. The number of amides is 2. The van der Waals surface area contributed by atoms with E-state index in [2.05, 4.69) is 21.0 Å². The zero-order valence-corrected chi connectivity index (χ0v) is 18.1. The molecule has 0 radical (unpaired) electrons. The lowest BCUT2D eigenvalue weighted by molar-refractivity contribution is -0.130. The quantitative estimate of drug-likeness (QED) is 0.512. The number of carbonyl (C=O) groups is 2. The van der Waals surface area contributed by atoms with Crippen molar-refractivity contribution in [2.24, 2.45) is 5.92 Å². The van der Waals surface area contributed by atoms with E-state index in [1.807, 2.05) is 19.9 Å². The smallest absolute Gasteiger partial charge is 0.249 e. The van der Waals surface area contributed by atoms with E-state index in [0.717, 1.165) is 5.56 Å². The normalized spacial score (nSPS) is 21.9. The van der Waals surface area contributed by atoms with E-state index in [9.17, 15) is 9.59 Å². The van der Waals surface area contributed by atoms with Gasteiger partial charge in [-0.05, 0) is 42.8 Å². The summed E-state index contributed by atoms with van der Waals surface area (Å²) in [5, 5.41) is 13.6. The van der Waals surface area contributed by atoms with E-state index in [1.165, 1.54) is 10.8 Å². The topological polar surface area (TPSA) is 120 Å². The maximum Gasteiger partial charge on any atom is 0.249 e. The Morgan fingerprint density at radius 2 is 2.06 bits per heavy atom. The van der Waals surface area contributed by atoms with Gasteiger partial charge in [-0.15, -0.1) is 0 Å². The van der Waals surface area contributed by atoms with Crippen LogP contribution in [0, 0.1) is 5.92 Å². The Morgan fingerprint density at radius 3 is 2.85 bits per heavy atom. The van der Waals surface area contributed by atoms with Crippen LogP contribution in [0.2, 0.25) is 0 Å². The summed E-state index contributed by atoms with van der Waals surface area (Å²) in [5.41, 5.74) is 1.32. The average molecular weight is 449 g/mol. The van der Waals surface area contributed by atoms with Crippen molar-refractivity contribution in [3.8, 4) is 23.0 Å². The molecule has 3 aromatic rings. The summed E-state index contributed by atoms with van der Waals surface area (Å²) < 4.78 is 17.7. The van der Waals surface area contributed by atoms with Crippen molar-refractivity contribution in [1.29, 1.82) is 0 Å². The molecule has 3 N–H and O–H groups in total. The second-order valence-corrected chi connectivity index (χ2v) is 7.93. The number of hydrogen-bond donors (Lipinski definition) is 3. The predicted octanol–water partition coefficient (Wildman–Crippen LogP) is 2.72. The van der Waals surface area contributed by atoms with E-state index in [-0.39, 0.29) is 30.6 Å². The third-order valence-electron chi connectivity index (χ3n) is 5.69. The Kier molecular flexibility index (Phi) is 5.35. The number of benzene rings is 1. The first-order valence-corrected chi connectivity index (χ1v) is 10.6. The second-order valence-electron chi connectivity index (χ2n) is 7.93. The van der Waals surface area contributed by atoms with Crippen LogP contribution in [0.15, 0.2) is 53.2 Å². The van der Waals surface area contributed by atoms with Gasteiger partial charge in [-0.3, -0.25) is 14.9 Å². The van der Waals surface area contributed by atoms with E-state index >= 15 is 0 Å². The summed E-state index contributed by atoms with van der Waals surface area (Å²) in [6, 6.07) is 10.6. The third-order valence-corrected chi connectivity index (χ3v) is 5.69. The number of hydrogen-bond acceptors (Lipinski definition) is 7. The lowest BCUT2D eigenvalue weighted by atomic mass is 10.0. The van der Waals surface area contributed by atoms with Crippen LogP contribution in [-0.4, -0.2) is 34.4 Å². The zero-order valence-electron chi connectivity index (χ0n) is 18.1. The van der Waals surface area contributed by atoms with Crippen molar-refractivity contribution in [3.05, 3.63) is 54.3 Å². The minimum Gasteiger partial charge on any atom is -0.463 e. The molecule has 2 aromatic heterocycles. The highest BCUT2D eigenvalue weighted by Gasteiger charge is 2.32. The fourth-order valence-electron chi connectivity index (χ4n) is 3.65. The van der Waals surface area contributed by atoms with Crippen LogP contribution < -0.4 is 25.4 Å². The lowest BCUT2D eigenvalue weighted by Gasteiger charge is -2.34. The summed E-state index contributed by atoms with van der Waals surface area (Å²) >= 11 is 0. The molecule has 2 aliphatic rings. The molecule has 3 unspecified atom stereocenters. The second kappa shape index (κ2) is 8.47. The molecule has 2 amide bonds. The Bertz CT molecular complexity index is 1220. The highest BCUT2D eigenvalue weighted by Crippen LogP contribution is 2.33. The molecule has 1 fully saturated rings. The van der Waals surface area contributed by atoms with Gasteiger partial charge >= 0.3 is 0 Å². The van der Waals surface area contributed by atoms with Crippen LogP contribution in [0.5, 0.6) is 11.5 Å². The molecule has 0 bridgehead atoms. The van der Waals surface area contributed by atoms with Crippen molar-refractivity contribution in [2.45, 2.75) is 26.2 Å². The molecule has 0 aliphatic carbocycles. The van der Waals surface area contributed by atoms with Gasteiger partial charge in [0.25, 0.3) is 0 Å². The van der Waals surface area contributed by atoms with Crippen LogP contribution in [0.25, 0.3) is 17.5 Å². The van der Waals surface area contributed by atoms with Gasteiger partial charge in [-0.1, -0.05) is 13.0 Å². The van der Waals surface area contributed by atoms with Gasteiger partial charge in [0.05, 0.1) is 12.2 Å². The summed E-state index contributed by atoms with van der Waals surface area (Å²) in [7, 11) is 0. The molecule has 0 spiro atoms. The molecule has 10 nitrogen and oxygen atoms in total. The van der Waals surface area contributed by atoms with Gasteiger partial charge in [-0.25, -0.2) is 4.68 Å². The van der Waals surface area contributed by atoms with E-state index in [4.69, 9.17) is 13.9 Å². The maximum atomic E-state index is 12.7. The van der Waals surface area contributed by atoms with Crippen molar-refractivity contribution < 1.29 is 23.5 Å². The number of nitrogens with zero attached hydrogens (tertiary/aromatic N) is 2. The minimum atomic E-state index is -0.624. The number of furan rings is 1. The molecule has 33 heavy (non-hydrogen) atoms. The number of fused-ring (bicyclic) bond motifs is 1. The van der Waals surface area contributed by atoms with Gasteiger partial charge < -0.3 is 24.5 Å². The van der Waals surface area contributed by atoms with Gasteiger partial charge in [-0.2, -0.15) is 5.10 Å². The van der Waals surface area contributed by atoms with Crippen LogP contribution in [0.3, 0.4) is 0 Å². The fourth-order valence-corrected chi connectivity index (χ4v) is 3.65. The monoisotopic (exact) mass is 449 g/mol. The molecule has 2 aliphatic heterocycles. The minimum absolute atomic E-state index is 0.0746. The maximum absolute atomic E-state index is 12.7. The standard InChI is InChI=1S/C23H23N5O5/c1-13-14(2)24-23(26-22(13)30)28-20(11-16(27-28)17-4-3-9-31-17)25-21(29)8-6-15-5-7-18-19(10-15)33-12-32-18/h3-11,13-14,23-24H,12H2,1-2H3,(H,25,29)(H,26,30)/b8-6+. The summed E-state index contributed by atoms with van der Waals surface area (Å²) in [6.45, 7) is 3.97. The number of carbonyl (C=O) groups excluding carboxylic acids is 2. The molecular weight excluding hydrogens is 426 g/mol. The van der Waals surface area contributed by atoms with Gasteiger partial charge in [0.15, 0.2) is 23.5 Å². The van der Waals surface area contributed by atoms with Crippen molar-refractivity contribution in [1.82, 2.24) is 20.4 Å². The molecule has 1 aromatic carbocycles. The van der Waals surface area contributed by atoms with Crippen molar-refractivity contribution in [2.75, 3.05) is 12.1 Å². The summed E-state index contributed by atoms with van der Waals surface area (Å²) in [4.78, 5) is 25.1. The van der Waals surface area contributed by atoms with Crippen LogP contribution >= 0.6 is 0 Å². The van der Waals surface area contributed by atoms with E-state index in [0.29, 0.717) is 28.8 Å². The molecular formula is C23H23N5O5. The number of anilines is 1. The summed E-state index contributed by atoms with van der Waals surface area (Å²) in [5.74, 6) is 1.62. The predicted molar refractivity (Wildman–Crippen MR) is 119 cm³/mol. The number of ether oxygens (including phenoxy) is 2. The van der Waals surface area contributed by atoms with Gasteiger partial charge in [0, 0.05) is 18.2 Å². The Morgan fingerprint density at radius 1 is 1.21 bits per heavy atom. The van der Waals surface area contributed by atoms with Crippen LogP contribution in [0.4, 0.5) is 5.82 Å². The van der Waals surface area contributed by atoms with Crippen LogP contribution in [0.1, 0.15) is 25.7 Å². The highest BCUT2D eigenvalue weighted by atomic mass is 16.7. The largest absolute Gasteiger partial charge is 0.463 e. The number of aromatic nitrogens is 2. The van der Waals surface area contributed by atoms with E-state index in [1.54, 1.807) is 42.7 Å². The Hall–Kier alpha value is -4.05. The molecule has 1 saturated heterocycles. The van der Waals surface area contributed by atoms with Crippen LogP contribution in [-0.2, 0) is 9.59 Å². The van der Waals surface area contributed by atoms with Gasteiger partial charge in [0.1, 0.15) is 11.5 Å². The zero-order chi connectivity index (χ0) is 22.9. The lowest BCUT2D eigenvalue weighted by Crippen LogP contribution is -2.57. The molecule has 4 heterocycles. The third kappa shape index (κ3) is 4.20. The fraction of sp³-hybridized carbons (Fsp3) is 0.261. The molecule has 3 atom stereocenters. The highest BCUT2D eigenvalue weighted by molar-refractivity contribution is 6.01. The SMILES string of the molecule is CC1NC(n2nc(-c3ccco3)cc2NC(=O)/C=C/c2ccc3c(c2)OCO3)NC(=O)C1C. The first-order valence-electron chi connectivity index (χ1n) is 10.6. The summed E-state index contributed by atoms with van der Waals surface area (Å²) in [6.07, 6.45) is 4.01. The van der Waals surface area contributed by atoms with Crippen molar-refractivity contribution in [3.63, 3.8) is 0 Å².